The summed E-state index contributed by atoms with van der Waals surface area (Å²) in [5.74, 6) is 0. The maximum Gasteiger partial charge on any atom is 0.263 e. The van der Waals surface area contributed by atoms with Crippen molar-refractivity contribution >= 4 is 33.0 Å². The Balaban J connectivity index is 1.73. The number of rotatable bonds is 4. The van der Waals surface area contributed by atoms with Crippen LogP contribution in [0, 0.1) is 0 Å². The van der Waals surface area contributed by atoms with Crippen molar-refractivity contribution < 1.29 is 8.42 Å². The van der Waals surface area contributed by atoms with Gasteiger partial charge in [0.25, 0.3) is 10.0 Å². The molecular weight excluding hydrogens is 334 g/mol. The number of benzene rings is 1. The molecule has 0 aliphatic carbocycles. The molecule has 122 valence electrons. The lowest BCUT2D eigenvalue weighted by Gasteiger charge is -2.28. The third-order valence-corrected chi connectivity index (χ3v) is 5.44. The van der Waals surface area contributed by atoms with Crippen LogP contribution in [0.2, 0.25) is 5.15 Å². The molecule has 1 aliphatic heterocycles. The lowest BCUT2D eigenvalue weighted by molar-refractivity contribution is 0.578. The average Bonchev–Trinajstić information content (AvgIpc) is 2.56. The number of pyridine rings is 1. The largest absolute Gasteiger partial charge is 0.372 e. The highest BCUT2D eigenvalue weighted by molar-refractivity contribution is 7.92. The third kappa shape index (κ3) is 3.95. The van der Waals surface area contributed by atoms with E-state index in [4.69, 9.17) is 11.6 Å². The normalized spacial score (nSPS) is 15.4. The van der Waals surface area contributed by atoms with Crippen molar-refractivity contribution in [2.45, 2.75) is 24.2 Å². The number of nitrogens with one attached hydrogen (secondary N) is 1. The van der Waals surface area contributed by atoms with Crippen molar-refractivity contribution in [3.05, 3.63) is 47.7 Å². The molecule has 0 bridgehead atoms. The quantitative estimate of drug-likeness (QED) is 0.856. The van der Waals surface area contributed by atoms with Gasteiger partial charge in [-0.05, 0) is 55.7 Å². The van der Waals surface area contributed by atoms with Gasteiger partial charge < -0.3 is 4.90 Å². The van der Waals surface area contributed by atoms with Gasteiger partial charge in [0, 0.05) is 30.7 Å². The van der Waals surface area contributed by atoms with Crippen molar-refractivity contribution in [2.24, 2.45) is 0 Å². The van der Waals surface area contributed by atoms with Crippen LogP contribution in [0.1, 0.15) is 19.3 Å². The van der Waals surface area contributed by atoms with Crippen LogP contribution in [0.3, 0.4) is 0 Å². The molecule has 1 saturated heterocycles. The molecule has 0 spiro atoms. The van der Waals surface area contributed by atoms with Gasteiger partial charge >= 0.3 is 0 Å². The molecule has 0 amide bonds. The molecule has 0 atom stereocenters. The molecule has 3 rings (SSSR count). The van der Waals surface area contributed by atoms with E-state index in [0.717, 1.165) is 18.8 Å². The number of nitrogens with zero attached hydrogens (tertiary/aromatic N) is 2. The fourth-order valence-corrected chi connectivity index (χ4v) is 3.74. The Morgan fingerprint density at radius 3 is 2.30 bits per heavy atom. The molecule has 0 radical (unpaired) electrons. The number of halogens is 1. The zero-order valence-electron chi connectivity index (χ0n) is 12.6. The Kier molecular flexibility index (Phi) is 4.73. The molecule has 5 nitrogen and oxygen atoms in total. The molecule has 1 aromatic heterocycles. The Morgan fingerprint density at radius 1 is 1.00 bits per heavy atom. The summed E-state index contributed by atoms with van der Waals surface area (Å²) in [6.45, 7) is 2.11. The van der Waals surface area contributed by atoms with Gasteiger partial charge in [0.05, 0.1) is 0 Å². The molecule has 1 fully saturated rings. The maximum atomic E-state index is 12.3. The van der Waals surface area contributed by atoms with E-state index in [-0.39, 0.29) is 10.0 Å². The highest BCUT2D eigenvalue weighted by Crippen LogP contribution is 2.23. The van der Waals surface area contributed by atoms with Crippen molar-refractivity contribution in [2.75, 3.05) is 22.7 Å². The second kappa shape index (κ2) is 6.76. The highest BCUT2D eigenvalue weighted by atomic mass is 35.5. The van der Waals surface area contributed by atoms with Crippen LogP contribution in [0.25, 0.3) is 0 Å². The minimum atomic E-state index is -3.65. The number of hydrogen-bond donors (Lipinski definition) is 1. The SMILES string of the molecule is O=S(=O)(Nc1ccc(N2CCCCC2)cc1)c1ccc(Cl)nc1. The predicted molar refractivity (Wildman–Crippen MR) is 92.6 cm³/mol. The van der Waals surface area contributed by atoms with E-state index >= 15 is 0 Å². The zero-order chi connectivity index (χ0) is 16.3. The number of aromatic nitrogens is 1. The number of sulfonamides is 1. The predicted octanol–water partition coefficient (Wildman–Crippen LogP) is 3.53. The summed E-state index contributed by atoms with van der Waals surface area (Å²) in [5.41, 5.74) is 1.65. The molecule has 0 unspecified atom stereocenters. The van der Waals surface area contributed by atoms with Gasteiger partial charge in [-0.15, -0.1) is 0 Å². The highest BCUT2D eigenvalue weighted by Gasteiger charge is 2.15. The van der Waals surface area contributed by atoms with Crippen LogP contribution in [-0.4, -0.2) is 26.5 Å². The van der Waals surface area contributed by atoms with E-state index in [1.165, 1.54) is 37.6 Å². The Hall–Kier alpha value is -1.79. The molecular formula is C16H18ClN3O2S. The monoisotopic (exact) mass is 351 g/mol. The van der Waals surface area contributed by atoms with E-state index in [2.05, 4.69) is 14.6 Å². The summed E-state index contributed by atoms with van der Waals surface area (Å²) < 4.78 is 27.1. The molecule has 2 heterocycles. The van der Waals surface area contributed by atoms with Crippen LogP contribution in [0.15, 0.2) is 47.5 Å². The Labute approximate surface area is 141 Å². The van der Waals surface area contributed by atoms with Gasteiger partial charge in [-0.2, -0.15) is 0 Å². The first kappa shape index (κ1) is 16.1. The summed E-state index contributed by atoms with van der Waals surface area (Å²) in [6.07, 6.45) is 4.94. The third-order valence-electron chi connectivity index (χ3n) is 3.85. The van der Waals surface area contributed by atoms with E-state index in [1.807, 2.05) is 12.1 Å². The number of piperidine rings is 1. The topological polar surface area (TPSA) is 62.3 Å². The first-order valence-corrected chi connectivity index (χ1v) is 9.40. The summed E-state index contributed by atoms with van der Waals surface area (Å²) in [5, 5.41) is 0.259. The van der Waals surface area contributed by atoms with E-state index < -0.39 is 10.0 Å². The molecule has 7 heteroatoms. The molecule has 1 aliphatic rings. The van der Waals surface area contributed by atoms with E-state index in [1.54, 1.807) is 12.1 Å². The zero-order valence-corrected chi connectivity index (χ0v) is 14.1. The standard InChI is InChI=1S/C16H18ClN3O2S/c17-16-9-8-15(12-18-16)23(21,22)19-13-4-6-14(7-5-13)20-10-2-1-3-11-20/h4-9,12,19H,1-3,10-11H2. The van der Waals surface area contributed by atoms with E-state index in [9.17, 15) is 8.42 Å². The van der Waals surface area contributed by atoms with Gasteiger partial charge in [-0.3, -0.25) is 4.72 Å². The molecule has 23 heavy (non-hydrogen) atoms. The minimum absolute atomic E-state index is 0.0852. The van der Waals surface area contributed by atoms with Crippen molar-refractivity contribution in [1.82, 2.24) is 4.98 Å². The van der Waals surface area contributed by atoms with Crippen LogP contribution < -0.4 is 9.62 Å². The Bertz CT molecular complexity index is 755. The molecule has 1 N–H and O–H groups in total. The second-order valence-corrected chi connectivity index (χ2v) is 7.59. The molecule has 2 aromatic rings. The van der Waals surface area contributed by atoms with Gasteiger partial charge in [0.15, 0.2) is 0 Å². The van der Waals surface area contributed by atoms with Gasteiger partial charge in [-0.25, -0.2) is 13.4 Å². The lowest BCUT2D eigenvalue weighted by Crippen LogP contribution is -2.29. The number of hydrogen-bond acceptors (Lipinski definition) is 4. The van der Waals surface area contributed by atoms with Gasteiger partial charge in [0.1, 0.15) is 10.0 Å². The van der Waals surface area contributed by atoms with Crippen LogP contribution in [0.5, 0.6) is 0 Å². The first-order chi connectivity index (χ1) is 11.0. The smallest absolute Gasteiger partial charge is 0.263 e. The van der Waals surface area contributed by atoms with Crippen LogP contribution in [0.4, 0.5) is 11.4 Å². The summed E-state index contributed by atoms with van der Waals surface area (Å²) in [7, 11) is -3.65. The van der Waals surface area contributed by atoms with Crippen molar-refractivity contribution in [3.63, 3.8) is 0 Å². The fourth-order valence-electron chi connectivity index (χ4n) is 2.63. The van der Waals surface area contributed by atoms with Crippen molar-refractivity contribution in [1.29, 1.82) is 0 Å². The van der Waals surface area contributed by atoms with E-state index in [0.29, 0.717) is 5.69 Å². The molecule has 1 aromatic carbocycles. The molecule has 0 saturated carbocycles. The van der Waals surface area contributed by atoms with Gasteiger partial charge in [-0.1, -0.05) is 11.6 Å². The summed E-state index contributed by atoms with van der Waals surface area (Å²) >= 11 is 5.68. The Morgan fingerprint density at radius 2 is 1.70 bits per heavy atom. The van der Waals surface area contributed by atoms with Crippen molar-refractivity contribution in [3.8, 4) is 0 Å². The summed E-state index contributed by atoms with van der Waals surface area (Å²) in [4.78, 5) is 6.21. The fraction of sp³-hybridized carbons (Fsp3) is 0.312. The average molecular weight is 352 g/mol. The maximum absolute atomic E-state index is 12.3. The lowest BCUT2D eigenvalue weighted by atomic mass is 10.1. The number of anilines is 2. The van der Waals surface area contributed by atoms with Crippen LogP contribution in [-0.2, 0) is 10.0 Å². The summed E-state index contributed by atoms with van der Waals surface area (Å²) in [6, 6.07) is 10.3. The van der Waals surface area contributed by atoms with Gasteiger partial charge in [0.2, 0.25) is 0 Å². The van der Waals surface area contributed by atoms with Crippen LogP contribution >= 0.6 is 11.6 Å². The first-order valence-electron chi connectivity index (χ1n) is 7.54. The minimum Gasteiger partial charge on any atom is -0.372 e. The second-order valence-electron chi connectivity index (χ2n) is 5.52.